The van der Waals surface area contributed by atoms with E-state index in [1.165, 1.54) is 36.7 Å². The van der Waals surface area contributed by atoms with Gasteiger partial charge in [-0.05, 0) is 92.5 Å². The summed E-state index contributed by atoms with van der Waals surface area (Å²) < 4.78 is 19.0. The number of carbonyl (C=O) groups excluding carboxylic acids is 1. The fourth-order valence-electron chi connectivity index (χ4n) is 4.29. The summed E-state index contributed by atoms with van der Waals surface area (Å²) in [4.78, 5) is 30.1. The Morgan fingerprint density at radius 2 is 1.82 bits per heavy atom. The molecule has 0 aliphatic carbocycles. The maximum atomic E-state index is 13.8. The number of amides is 1. The van der Waals surface area contributed by atoms with E-state index in [1.807, 2.05) is 24.3 Å². The van der Waals surface area contributed by atoms with Crippen LogP contribution in [0.25, 0.3) is 0 Å². The highest BCUT2D eigenvalue weighted by Crippen LogP contribution is 2.28. The van der Waals surface area contributed by atoms with E-state index in [-0.39, 0.29) is 29.5 Å². The third kappa shape index (κ3) is 9.07. The van der Waals surface area contributed by atoms with E-state index in [2.05, 4.69) is 49.6 Å². The molecule has 2 heterocycles. The zero-order chi connectivity index (χ0) is 27.6. The molecule has 11 heteroatoms. The molecule has 0 bridgehead atoms. The molecule has 0 unspecified atom stereocenters. The second-order valence-corrected chi connectivity index (χ2v) is 10.9. The van der Waals surface area contributed by atoms with E-state index in [0.29, 0.717) is 23.8 Å². The van der Waals surface area contributed by atoms with Crippen molar-refractivity contribution < 1.29 is 13.9 Å². The Morgan fingerprint density at radius 1 is 1.08 bits per heavy atom. The van der Waals surface area contributed by atoms with Crippen LogP contribution in [0.1, 0.15) is 33.1 Å². The monoisotopic (exact) mass is 553 g/mol. The molecule has 39 heavy (non-hydrogen) atoms. The molecule has 1 aliphatic rings. The van der Waals surface area contributed by atoms with Gasteiger partial charge in [-0.25, -0.2) is 4.39 Å². The minimum Gasteiger partial charge on any atom is -0.497 e. The molecule has 1 atom stereocenters. The number of nitrogens with zero attached hydrogens (tertiary/aromatic N) is 4. The van der Waals surface area contributed by atoms with Gasteiger partial charge in [0.15, 0.2) is 5.16 Å². The Bertz CT molecular complexity index is 1220. The van der Waals surface area contributed by atoms with Gasteiger partial charge in [-0.2, -0.15) is 15.0 Å². The van der Waals surface area contributed by atoms with Gasteiger partial charge in [0.05, 0.1) is 7.11 Å². The van der Waals surface area contributed by atoms with Crippen LogP contribution in [0.15, 0.2) is 58.6 Å². The van der Waals surface area contributed by atoms with E-state index in [0.717, 1.165) is 30.3 Å². The predicted molar refractivity (Wildman–Crippen MR) is 152 cm³/mol. The quantitative estimate of drug-likeness (QED) is 0.271. The Morgan fingerprint density at radius 3 is 2.51 bits per heavy atom. The van der Waals surface area contributed by atoms with Gasteiger partial charge < -0.3 is 25.6 Å². The molecular formula is C28H36FN7O2S. The van der Waals surface area contributed by atoms with E-state index in [9.17, 15) is 9.18 Å². The van der Waals surface area contributed by atoms with Crippen molar-refractivity contribution in [3.8, 4) is 5.75 Å². The Labute approximate surface area is 233 Å². The van der Waals surface area contributed by atoms with Crippen LogP contribution in [0.5, 0.6) is 5.75 Å². The second kappa shape index (κ2) is 14.1. The topological polar surface area (TPSA) is 104 Å². The van der Waals surface area contributed by atoms with E-state index < -0.39 is 6.04 Å². The standard InChI is InChI=1S/C28H36FN7O2S/c1-19(2)17-24(25(37)30-13-16-36-14-4-5-15-36)32-27-33-26(31-21-8-6-7-20(29)18-21)34-28(35-27)39-23-11-9-22(38-3)10-12-23/h6-12,18-19,24H,4-5,13-17H2,1-3H3,(H,30,37)(H2,31,32,33,34,35)/t24-/m0/s1. The summed E-state index contributed by atoms with van der Waals surface area (Å²) in [6.45, 7) is 7.75. The first kappa shape index (κ1) is 28.6. The molecule has 0 radical (unpaired) electrons. The van der Waals surface area contributed by atoms with Crippen LogP contribution in [0.2, 0.25) is 0 Å². The molecule has 1 aromatic heterocycles. The SMILES string of the molecule is COc1ccc(Sc2nc(Nc3cccc(F)c3)nc(N[C@@H](CC(C)C)C(=O)NCCN3CCCC3)n2)cc1. The van der Waals surface area contributed by atoms with E-state index in [1.54, 1.807) is 19.2 Å². The summed E-state index contributed by atoms with van der Waals surface area (Å²) in [5.41, 5.74) is 0.505. The lowest BCUT2D eigenvalue weighted by Crippen LogP contribution is -2.43. The molecule has 4 rings (SSSR count). The number of halogens is 1. The smallest absolute Gasteiger partial charge is 0.242 e. The molecule has 0 spiro atoms. The predicted octanol–water partition coefficient (Wildman–Crippen LogP) is 4.95. The molecule has 208 valence electrons. The minimum atomic E-state index is -0.521. The van der Waals surface area contributed by atoms with Crippen molar-refractivity contribution in [1.29, 1.82) is 0 Å². The normalized spacial score (nSPS) is 14.3. The average molecular weight is 554 g/mol. The number of likely N-dealkylation sites (tertiary alicyclic amines) is 1. The van der Waals surface area contributed by atoms with Crippen molar-refractivity contribution in [1.82, 2.24) is 25.2 Å². The summed E-state index contributed by atoms with van der Waals surface area (Å²) in [7, 11) is 1.62. The zero-order valence-corrected chi connectivity index (χ0v) is 23.4. The Balaban J connectivity index is 1.53. The Kier molecular flexibility index (Phi) is 10.3. The van der Waals surface area contributed by atoms with Crippen LogP contribution < -0.4 is 20.7 Å². The molecule has 1 amide bonds. The fourth-order valence-corrected chi connectivity index (χ4v) is 5.04. The average Bonchev–Trinajstić information content (AvgIpc) is 3.42. The van der Waals surface area contributed by atoms with Gasteiger partial charge >= 0.3 is 0 Å². The van der Waals surface area contributed by atoms with E-state index in [4.69, 9.17) is 4.74 Å². The summed E-state index contributed by atoms with van der Waals surface area (Å²) in [5.74, 6) is 1.06. The summed E-state index contributed by atoms with van der Waals surface area (Å²) in [6, 6.07) is 13.1. The number of hydrogen-bond donors (Lipinski definition) is 3. The Hall–Kier alpha value is -3.44. The molecule has 1 saturated heterocycles. The van der Waals surface area contributed by atoms with Crippen molar-refractivity contribution in [2.45, 2.75) is 49.2 Å². The summed E-state index contributed by atoms with van der Waals surface area (Å²) in [5, 5.41) is 9.79. The number of hydrogen-bond acceptors (Lipinski definition) is 9. The third-order valence-corrected chi connectivity index (χ3v) is 7.09. The number of rotatable bonds is 13. The number of carbonyl (C=O) groups is 1. The highest BCUT2D eigenvalue weighted by Gasteiger charge is 2.22. The first-order valence-electron chi connectivity index (χ1n) is 13.2. The third-order valence-electron chi connectivity index (χ3n) is 6.22. The molecule has 2 aromatic carbocycles. The molecule has 3 N–H and O–H groups in total. The van der Waals surface area contributed by atoms with Gasteiger partial charge in [0.1, 0.15) is 17.6 Å². The number of benzene rings is 2. The van der Waals surface area contributed by atoms with Crippen LogP contribution in [0.4, 0.5) is 22.0 Å². The molecule has 1 aliphatic heterocycles. The second-order valence-electron chi connectivity index (χ2n) is 9.84. The van der Waals surface area contributed by atoms with Gasteiger partial charge in [0, 0.05) is 23.7 Å². The van der Waals surface area contributed by atoms with Crippen LogP contribution in [-0.2, 0) is 4.79 Å². The number of nitrogens with one attached hydrogen (secondary N) is 3. The maximum Gasteiger partial charge on any atom is 0.242 e. The number of aromatic nitrogens is 3. The number of methoxy groups -OCH3 is 1. The lowest BCUT2D eigenvalue weighted by molar-refractivity contribution is -0.122. The molecule has 3 aromatic rings. The van der Waals surface area contributed by atoms with Crippen LogP contribution in [0, 0.1) is 11.7 Å². The lowest BCUT2D eigenvalue weighted by Gasteiger charge is -2.22. The fraction of sp³-hybridized carbons (Fsp3) is 0.429. The van der Waals surface area contributed by atoms with E-state index >= 15 is 0 Å². The molecular weight excluding hydrogens is 517 g/mol. The summed E-state index contributed by atoms with van der Waals surface area (Å²) in [6.07, 6.45) is 3.04. The first-order chi connectivity index (χ1) is 18.9. The number of ether oxygens (including phenoxy) is 1. The summed E-state index contributed by atoms with van der Waals surface area (Å²) >= 11 is 1.35. The molecule has 1 fully saturated rings. The minimum absolute atomic E-state index is 0.0905. The van der Waals surface area contributed by atoms with Gasteiger partial charge in [0.25, 0.3) is 0 Å². The molecule has 0 saturated carbocycles. The van der Waals surface area contributed by atoms with Crippen molar-refractivity contribution >= 4 is 35.3 Å². The van der Waals surface area contributed by atoms with Crippen LogP contribution >= 0.6 is 11.8 Å². The number of anilines is 3. The van der Waals surface area contributed by atoms with Crippen molar-refractivity contribution in [2.24, 2.45) is 5.92 Å². The zero-order valence-electron chi connectivity index (χ0n) is 22.6. The van der Waals surface area contributed by atoms with Crippen LogP contribution in [-0.4, -0.2) is 65.1 Å². The van der Waals surface area contributed by atoms with Crippen molar-refractivity contribution in [3.63, 3.8) is 0 Å². The van der Waals surface area contributed by atoms with Crippen molar-refractivity contribution in [2.75, 3.05) is 43.9 Å². The van der Waals surface area contributed by atoms with Gasteiger partial charge in [-0.1, -0.05) is 19.9 Å². The molecule has 9 nitrogen and oxygen atoms in total. The lowest BCUT2D eigenvalue weighted by atomic mass is 10.0. The van der Waals surface area contributed by atoms with Crippen LogP contribution in [0.3, 0.4) is 0 Å². The highest BCUT2D eigenvalue weighted by atomic mass is 32.2. The largest absolute Gasteiger partial charge is 0.497 e. The highest BCUT2D eigenvalue weighted by molar-refractivity contribution is 7.99. The van der Waals surface area contributed by atoms with Gasteiger partial charge in [-0.15, -0.1) is 0 Å². The first-order valence-corrected chi connectivity index (χ1v) is 14.1. The van der Waals surface area contributed by atoms with Crippen molar-refractivity contribution in [3.05, 3.63) is 54.3 Å². The van der Waals surface area contributed by atoms with Gasteiger partial charge in [0.2, 0.25) is 17.8 Å². The van der Waals surface area contributed by atoms with Gasteiger partial charge in [-0.3, -0.25) is 4.79 Å². The maximum absolute atomic E-state index is 13.8.